The maximum Gasteiger partial charge on any atom is 0.242 e. The van der Waals surface area contributed by atoms with Crippen molar-refractivity contribution in [2.75, 3.05) is 6.54 Å². The summed E-state index contributed by atoms with van der Waals surface area (Å²) >= 11 is 0. The summed E-state index contributed by atoms with van der Waals surface area (Å²) in [6.45, 7) is 9.08. The van der Waals surface area contributed by atoms with Gasteiger partial charge < -0.3 is 10.6 Å². The summed E-state index contributed by atoms with van der Waals surface area (Å²) in [5.41, 5.74) is 1.24. The molecular formula is C16H26N2O2. The van der Waals surface area contributed by atoms with Crippen LogP contribution >= 0.6 is 0 Å². The predicted octanol–water partition coefficient (Wildman–Crippen LogP) is 2.01. The van der Waals surface area contributed by atoms with Crippen molar-refractivity contribution in [3.05, 3.63) is 11.6 Å². The van der Waals surface area contributed by atoms with Crippen molar-refractivity contribution in [2.24, 2.45) is 17.3 Å². The molecule has 1 aliphatic heterocycles. The van der Waals surface area contributed by atoms with E-state index in [9.17, 15) is 9.59 Å². The Kier molecular flexibility index (Phi) is 4.21. The third-order valence-electron chi connectivity index (χ3n) is 4.56. The lowest BCUT2D eigenvalue weighted by Crippen LogP contribution is -2.46. The lowest BCUT2D eigenvalue weighted by Gasteiger charge is -2.15. The van der Waals surface area contributed by atoms with E-state index in [-0.39, 0.29) is 29.2 Å². The predicted molar refractivity (Wildman–Crippen MR) is 79.0 cm³/mol. The zero-order valence-corrected chi connectivity index (χ0v) is 13.0. The highest BCUT2D eigenvalue weighted by atomic mass is 16.2. The molecular weight excluding hydrogens is 252 g/mol. The normalized spacial score (nSPS) is 31.8. The van der Waals surface area contributed by atoms with Crippen molar-refractivity contribution in [3.8, 4) is 0 Å². The first kappa shape index (κ1) is 15.1. The smallest absolute Gasteiger partial charge is 0.242 e. The van der Waals surface area contributed by atoms with Crippen LogP contribution in [0.2, 0.25) is 0 Å². The summed E-state index contributed by atoms with van der Waals surface area (Å²) in [7, 11) is 0. The van der Waals surface area contributed by atoms with Crippen molar-refractivity contribution in [2.45, 2.75) is 53.0 Å². The molecule has 1 saturated carbocycles. The van der Waals surface area contributed by atoms with Gasteiger partial charge in [0.1, 0.15) is 6.04 Å². The van der Waals surface area contributed by atoms with E-state index < -0.39 is 0 Å². The molecule has 20 heavy (non-hydrogen) atoms. The maximum absolute atomic E-state index is 12.4. The number of carbonyl (C=O) groups is 2. The fourth-order valence-electron chi connectivity index (χ4n) is 3.19. The van der Waals surface area contributed by atoms with Gasteiger partial charge >= 0.3 is 0 Å². The van der Waals surface area contributed by atoms with Gasteiger partial charge in [-0.05, 0) is 44.4 Å². The number of rotatable bonds is 3. The van der Waals surface area contributed by atoms with E-state index in [0.717, 1.165) is 25.8 Å². The largest absolute Gasteiger partial charge is 0.354 e. The van der Waals surface area contributed by atoms with Crippen molar-refractivity contribution >= 4 is 11.8 Å². The van der Waals surface area contributed by atoms with Crippen LogP contribution < -0.4 is 10.6 Å². The van der Waals surface area contributed by atoms with Gasteiger partial charge in [-0.3, -0.25) is 9.59 Å². The van der Waals surface area contributed by atoms with Gasteiger partial charge in [-0.25, -0.2) is 0 Å². The van der Waals surface area contributed by atoms with Crippen molar-refractivity contribution < 1.29 is 9.59 Å². The number of nitrogens with one attached hydrogen (secondary N) is 2. The van der Waals surface area contributed by atoms with Crippen molar-refractivity contribution in [3.63, 3.8) is 0 Å². The Morgan fingerprint density at radius 2 is 2.05 bits per heavy atom. The summed E-state index contributed by atoms with van der Waals surface area (Å²) < 4.78 is 0. The second kappa shape index (κ2) is 5.58. The molecule has 0 aromatic rings. The molecule has 2 aliphatic rings. The maximum atomic E-state index is 12.4. The summed E-state index contributed by atoms with van der Waals surface area (Å²) in [5, 5.41) is 5.81. The summed E-state index contributed by atoms with van der Waals surface area (Å²) in [6, 6.07) is -0.353. The van der Waals surface area contributed by atoms with Crippen LogP contribution in [0.15, 0.2) is 11.6 Å². The standard InChI is InChI=1S/C16H26N2O2/c1-10(2)9-11-13(16(11,3)4)15(20)18-12-7-5-6-8-17-14(12)19/h9,11-13H,5-8H2,1-4H3,(H,17,19)(H,18,20). The Morgan fingerprint density at radius 3 is 2.70 bits per heavy atom. The van der Waals surface area contributed by atoms with Crippen LogP contribution in [0.4, 0.5) is 0 Å². The molecule has 1 saturated heterocycles. The highest BCUT2D eigenvalue weighted by Crippen LogP contribution is 2.59. The minimum atomic E-state index is -0.353. The fourth-order valence-corrected chi connectivity index (χ4v) is 3.19. The summed E-state index contributed by atoms with van der Waals surface area (Å²) in [6.07, 6.45) is 4.90. The second-order valence-electron chi connectivity index (χ2n) is 6.92. The SMILES string of the molecule is CC(C)=CC1C(C(=O)NC2CCCCNC2=O)C1(C)C. The third kappa shape index (κ3) is 3.05. The molecule has 3 unspecified atom stereocenters. The van der Waals surface area contributed by atoms with Gasteiger partial charge in [0.05, 0.1) is 5.92 Å². The van der Waals surface area contributed by atoms with Gasteiger partial charge in [-0.2, -0.15) is 0 Å². The summed E-state index contributed by atoms with van der Waals surface area (Å²) in [5.74, 6) is 0.280. The molecule has 4 heteroatoms. The van der Waals surface area contributed by atoms with Crippen LogP contribution in [0.3, 0.4) is 0 Å². The first-order valence-corrected chi connectivity index (χ1v) is 7.57. The fraction of sp³-hybridized carbons (Fsp3) is 0.750. The van der Waals surface area contributed by atoms with Crippen LogP contribution in [0.5, 0.6) is 0 Å². The molecule has 0 radical (unpaired) electrons. The first-order chi connectivity index (χ1) is 9.34. The number of hydrogen-bond donors (Lipinski definition) is 2. The lowest BCUT2D eigenvalue weighted by atomic mass is 10.1. The monoisotopic (exact) mass is 278 g/mol. The highest BCUT2D eigenvalue weighted by Gasteiger charge is 2.60. The zero-order valence-electron chi connectivity index (χ0n) is 13.0. The first-order valence-electron chi connectivity index (χ1n) is 7.57. The van der Waals surface area contributed by atoms with E-state index >= 15 is 0 Å². The average molecular weight is 278 g/mol. The molecule has 2 rings (SSSR count). The number of allylic oxidation sites excluding steroid dienone is 2. The average Bonchev–Trinajstić information content (AvgIpc) is 2.93. The van der Waals surface area contributed by atoms with Crippen LogP contribution in [-0.4, -0.2) is 24.4 Å². The summed E-state index contributed by atoms with van der Waals surface area (Å²) in [4.78, 5) is 24.3. The quantitative estimate of drug-likeness (QED) is 0.776. The van der Waals surface area contributed by atoms with Gasteiger partial charge in [-0.1, -0.05) is 25.5 Å². The van der Waals surface area contributed by atoms with Crippen LogP contribution in [0.25, 0.3) is 0 Å². The molecule has 3 atom stereocenters. The third-order valence-corrected chi connectivity index (χ3v) is 4.56. The minimum absolute atomic E-state index is 0.00254. The van der Waals surface area contributed by atoms with Crippen LogP contribution in [-0.2, 0) is 9.59 Å². The van der Waals surface area contributed by atoms with Gasteiger partial charge in [0.15, 0.2) is 0 Å². The second-order valence-corrected chi connectivity index (χ2v) is 6.92. The number of carbonyl (C=O) groups excluding carboxylic acids is 2. The molecule has 0 aromatic carbocycles. The number of amides is 2. The van der Waals surface area contributed by atoms with E-state index in [1.165, 1.54) is 5.57 Å². The van der Waals surface area contributed by atoms with E-state index in [1.54, 1.807) is 0 Å². The van der Waals surface area contributed by atoms with Gasteiger partial charge in [0.2, 0.25) is 11.8 Å². The lowest BCUT2D eigenvalue weighted by molar-refractivity contribution is -0.129. The Bertz CT molecular complexity index is 436. The van der Waals surface area contributed by atoms with E-state index in [4.69, 9.17) is 0 Å². The zero-order chi connectivity index (χ0) is 14.9. The molecule has 1 heterocycles. The molecule has 0 aromatic heterocycles. The van der Waals surface area contributed by atoms with Crippen molar-refractivity contribution in [1.82, 2.24) is 10.6 Å². The topological polar surface area (TPSA) is 58.2 Å². The molecule has 0 bridgehead atoms. The Balaban J connectivity index is 1.98. The van der Waals surface area contributed by atoms with Crippen LogP contribution in [0, 0.1) is 17.3 Å². The Labute approximate surface area is 121 Å². The molecule has 4 nitrogen and oxygen atoms in total. The van der Waals surface area contributed by atoms with E-state index in [2.05, 4.69) is 44.4 Å². The molecule has 2 fully saturated rings. The molecule has 112 valence electrons. The molecule has 2 amide bonds. The Hall–Kier alpha value is -1.32. The highest BCUT2D eigenvalue weighted by molar-refractivity contribution is 5.90. The van der Waals surface area contributed by atoms with Crippen LogP contribution in [0.1, 0.15) is 47.0 Å². The van der Waals surface area contributed by atoms with E-state index in [1.807, 2.05) is 0 Å². The molecule has 2 N–H and O–H groups in total. The van der Waals surface area contributed by atoms with Gasteiger partial charge in [0, 0.05) is 6.54 Å². The van der Waals surface area contributed by atoms with Crippen molar-refractivity contribution in [1.29, 1.82) is 0 Å². The van der Waals surface area contributed by atoms with Gasteiger partial charge in [-0.15, -0.1) is 0 Å². The molecule has 0 spiro atoms. The van der Waals surface area contributed by atoms with E-state index in [0.29, 0.717) is 5.92 Å². The Morgan fingerprint density at radius 1 is 1.35 bits per heavy atom. The molecule has 1 aliphatic carbocycles. The minimum Gasteiger partial charge on any atom is -0.354 e. The number of hydrogen-bond acceptors (Lipinski definition) is 2. The van der Waals surface area contributed by atoms with Gasteiger partial charge in [0.25, 0.3) is 0 Å².